The van der Waals surface area contributed by atoms with Gasteiger partial charge in [0.2, 0.25) is 0 Å². The van der Waals surface area contributed by atoms with E-state index in [1.807, 2.05) is 37.3 Å². The second kappa shape index (κ2) is 12.0. The molecule has 1 saturated heterocycles. The van der Waals surface area contributed by atoms with Gasteiger partial charge in [-0.15, -0.1) is 0 Å². The van der Waals surface area contributed by atoms with Crippen molar-refractivity contribution in [1.82, 2.24) is 24.8 Å². The van der Waals surface area contributed by atoms with E-state index in [0.29, 0.717) is 34.2 Å². The van der Waals surface area contributed by atoms with Crippen molar-refractivity contribution in [2.75, 3.05) is 20.2 Å². The first-order valence-corrected chi connectivity index (χ1v) is 14.0. The first-order valence-electron chi connectivity index (χ1n) is 14.0. The Balaban J connectivity index is 1.33. The number of likely N-dealkylation sites (tertiary alicyclic amines) is 1. The van der Waals surface area contributed by atoms with Crippen molar-refractivity contribution in [3.05, 3.63) is 92.8 Å². The molecule has 2 N–H and O–H groups in total. The molecule has 1 aliphatic heterocycles. The number of piperidine rings is 1. The predicted molar refractivity (Wildman–Crippen MR) is 158 cm³/mol. The Labute approximate surface area is 239 Å². The average Bonchev–Trinajstić information content (AvgIpc) is 3.27. The third-order valence-electron chi connectivity index (χ3n) is 8.33. The lowest BCUT2D eigenvalue weighted by Crippen LogP contribution is -2.36. The van der Waals surface area contributed by atoms with Crippen molar-refractivity contribution < 1.29 is 9.53 Å². The summed E-state index contributed by atoms with van der Waals surface area (Å²) in [4.78, 5) is 35.5. The summed E-state index contributed by atoms with van der Waals surface area (Å²) >= 11 is 0. The Kier molecular flexibility index (Phi) is 8.22. The largest absolute Gasteiger partial charge is 0.496 e. The molecule has 4 aromatic rings. The van der Waals surface area contributed by atoms with Crippen LogP contribution in [0.25, 0.3) is 10.9 Å². The molecule has 5 rings (SSSR count). The zero-order valence-electron chi connectivity index (χ0n) is 24.0. The molecule has 9 nitrogen and oxygen atoms in total. The molecule has 4 heterocycles. The highest BCUT2D eigenvalue weighted by Gasteiger charge is 2.29. The van der Waals surface area contributed by atoms with E-state index in [1.165, 1.54) is 7.11 Å². The zero-order chi connectivity index (χ0) is 29.1. The maximum absolute atomic E-state index is 13.6. The van der Waals surface area contributed by atoms with Gasteiger partial charge in [-0.25, -0.2) is 4.98 Å². The normalized spacial score (nSPS) is 15.0. The topological polar surface area (TPSA) is 116 Å². The molecule has 212 valence electrons. The predicted octanol–water partition coefficient (Wildman–Crippen LogP) is 4.62. The summed E-state index contributed by atoms with van der Waals surface area (Å²) < 4.78 is 7.71. The second-order valence-electron chi connectivity index (χ2n) is 10.9. The van der Waals surface area contributed by atoms with Crippen LogP contribution in [0.4, 0.5) is 0 Å². The average molecular weight is 553 g/mol. The lowest BCUT2D eigenvalue weighted by Gasteiger charge is -2.36. The van der Waals surface area contributed by atoms with Crippen LogP contribution in [0.3, 0.4) is 0 Å². The summed E-state index contributed by atoms with van der Waals surface area (Å²) in [6.45, 7) is 8.87. The number of amides is 1. The number of aromatic amines is 1. The number of carbonyl (C=O) groups is 1. The van der Waals surface area contributed by atoms with Gasteiger partial charge in [-0.3, -0.25) is 14.5 Å². The molecule has 0 saturated carbocycles. The van der Waals surface area contributed by atoms with Gasteiger partial charge < -0.3 is 19.6 Å². The van der Waals surface area contributed by atoms with Crippen LogP contribution in [0.2, 0.25) is 0 Å². The van der Waals surface area contributed by atoms with Crippen molar-refractivity contribution in [3.63, 3.8) is 0 Å². The van der Waals surface area contributed by atoms with Crippen LogP contribution >= 0.6 is 0 Å². The fourth-order valence-corrected chi connectivity index (χ4v) is 6.19. The smallest absolute Gasteiger partial charge is 0.256 e. The van der Waals surface area contributed by atoms with E-state index in [0.717, 1.165) is 54.6 Å². The standard InChI is InChI=1S/C32H36N6O3/c1-20-15-29(41-4)27(31(39)36-20)18-35-32(40)30-22(3)38(28-8-6-5-7-26(28)30)21(2)24-10-13-37(14-11-24)19-23-9-12-34-25(16-23)17-33/h5-9,12,15-16,21,24H,10-11,13-14,18-19H2,1-4H3,(H,35,40)(H,36,39)/t21-/m1/s1. The van der Waals surface area contributed by atoms with Gasteiger partial charge in [-0.05, 0) is 82.4 Å². The molecule has 41 heavy (non-hydrogen) atoms. The summed E-state index contributed by atoms with van der Waals surface area (Å²) in [5.41, 5.74) is 4.98. The summed E-state index contributed by atoms with van der Waals surface area (Å²) in [6.07, 6.45) is 3.79. The number of nitrogens with one attached hydrogen (secondary N) is 2. The number of fused-ring (bicyclic) bond motifs is 1. The van der Waals surface area contributed by atoms with Crippen molar-refractivity contribution in [2.45, 2.75) is 52.7 Å². The first-order chi connectivity index (χ1) is 19.8. The van der Waals surface area contributed by atoms with E-state index in [2.05, 4.69) is 43.8 Å². The second-order valence-corrected chi connectivity index (χ2v) is 10.9. The summed E-state index contributed by atoms with van der Waals surface area (Å²) in [6, 6.07) is 16.0. The molecule has 0 aliphatic carbocycles. The number of aryl methyl sites for hydroxylation is 1. The molecular weight excluding hydrogens is 516 g/mol. The molecule has 9 heteroatoms. The van der Waals surface area contributed by atoms with Gasteiger partial charge in [0, 0.05) is 41.1 Å². The molecule has 1 atom stereocenters. The number of nitriles is 1. The fraction of sp³-hybridized carbons (Fsp3) is 0.375. The van der Waals surface area contributed by atoms with Crippen LogP contribution in [0.5, 0.6) is 5.75 Å². The number of carbonyl (C=O) groups excluding carboxylic acids is 1. The van der Waals surface area contributed by atoms with Crippen LogP contribution in [-0.2, 0) is 13.1 Å². The molecule has 1 aliphatic rings. The minimum Gasteiger partial charge on any atom is -0.496 e. The highest BCUT2D eigenvalue weighted by atomic mass is 16.5. The molecule has 0 radical (unpaired) electrons. The Morgan fingerprint density at radius 1 is 1.22 bits per heavy atom. The van der Waals surface area contributed by atoms with Gasteiger partial charge in [0.15, 0.2) is 0 Å². The van der Waals surface area contributed by atoms with Gasteiger partial charge in [0.25, 0.3) is 11.5 Å². The van der Waals surface area contributed by atoms with E-state index in [4.69, 9.17) is 10.00 Å². The van der Waals surface area contributed by atoms with Gasteiger partial charge in [0.1, 0.15) is 17.5 Å². The maximum Gasteiger partial charge on any atom is 0.256 e. The van der Waals surface area contributed by atoms with E-state index in [9.17, 15) is 9.59 Å². The van der Waals surface area contributed by atoms with E-state index in [1.54, 1.807) is 19.2 Å². The molecule has 0 unspecified atom stereocenters. The van der Waals surface area contributed by atoms with Crippen molar-refractivity contribution in [1.29, 1.82) is 5.26 Å². The molecule has 1 fully saturated rings. The van der Waals surface area contributed by atoms with Gasteiger partial charge in [0.05, 0.1) is 24.8 Å². The van der Waals surface area contributed by atoms with Crippen molar-refractivity contribution >= 4 is 16.8 Å². The summed E-state index contributed by atoms with van der Waals surface area (Å²) in [5, 5.41) is 13.0. The zero-order valence-corrected chi connectivity index (χ0v) is 24.0. The number of rotatable bonds is 8. The summed E-state index contributed by atoms with van der Waals surface area (Å²) in [7, 11) is 1.52. The third kappa shape index (κ3) is 5.74. The lowest BCUT2D eigenvalue weighted by atomic mass is 9.89. The van der Waals surface area contributed by atoms with Crippen LogP contribution in [0.15, 0.2) is 53.5 Å². The van der Waals surface area contributed by atoms with Crippen LogP contribution in [0, 0.1) is 31.1 Å². The number of ether oxygens (including phenoxy) is 1. The van der Waals surface area contributed by atoms with Crippen molar-refractivity contribution in [3.8, 4) is 11.8 Å². The molecule has 0 bridgehead atoms. The number of para-hydroxylation sites is 1. The summed E-state index contributed by atoms with van der Waals surface area (Å²) in [5.74, 6) is 0.704. The third-order valence-corrected chi connectivity index (χ3v) is 8.33. The SMILES string of the molecule is COc1cc(C)[nH]c(=O)c1CNC(=O)c1c(C)n([C@H](C)C2CCN(Cc3ccnc(C#N)c3)CC2)c2ccccc12. The molecular formula is C32H36N6O3. The molecule has 1 aromatic carbocycles. The lowest BCUT2D eigenvalue weighted by molar-refractivity contribution is 0.0951. The molecule has 1 amide bonds. The Morgan fingerprint density at radius 3 is 2.71 bits per heavy atom. The van der Waals surface area contributed by atoms with Crippen LogP contribution in [-0.4, -0.2) is 45.5 Å². The highest BCUT2D eigenvalue weighted by molar-refractivity contribution is 6.08. The quantitative estimate of drug-likeness (QED) is 0.329. The minimum atomic E-state index is -0.268. The van der Waals surface area contributed by atoms with Gasteiger partial charge in [-0.2, -0.15) is 5.26 Å². The molecule has 3 aromatic heterocycles. The van der Waals surface area contributed by atoms with E-state index >= 15 is 0 Å². The van der Waals surface area contributed by atoms with E-state index < -0.39 is 0 Å². The van der Waals surface area contributed by atoms with E-state index in [-0.39, 0.29) is 24.1 Å². The number of methoxy groups -OCH3 is 1. The van der Waals surface area contributed by atoms with Crippen LogP contribution < -0.4 is 15.6 Å². The van der Waals surface area contributed by atoms with Gasteiger partial charge in [-0.1, -0.05) is 18.2 Å². The Hall–Kier alpha value is -4.42. The monoisotopic (exact) mass is 552 g/mol. The van der Waals surface area contributed by atoms with Crippen LogP contribution in [0.1, 0.15) is 64.4 Å². The number of aromatic nitrogens is 3. The minimum absolute atomic E-state index is 0.0674. The fourth-order valence-electron chi connectivity index (χ4n) is 6.19. The Bertz CT molecular complexity index is 1670. The number of pyridine rings is 2. The number of nitrogens with zero attached hydrogens (tertiary/aromatic N) is 4. The maximum atomic E-state index is 13.6. The van der Waals surface area contributed by atoms with Gasteiger partial charge >= 0.3 is 0 Å². The number of H-pyrrole nitrogens is 1. The molecule has 0 spiro atoms. The highest BCUT2D eigenvalue weighted by Crippen LogP contribution is 2.36. The number of benzene rings is 1. The number of hydrogen-bond donors (Lipinski definition) is 2. The Morgan fingerprint density at radius 2 is 1.98 bits per heavy atom. The number of hydrogen-bond acceptors (Lipinski definition) is 6. The van der Waals surface area contributed by atoms with Crippen molar-refractivity contribution in [2.24, 2.45) is 5.92 Å². The first kappa shape index (κ1) is 28.1.